The molecule has 1 unspecified atom stereocenters. The number of aromatic nitrogens is 1. The number of hydrogen-bond donors (Lipinski definition) is 2. The van der Waals surface area contributed by atoms with Crippen molar-refractivity contribution in [3.8, 4) is 5.75 Å². The molecule has 0 fully saturated rings. The van der Waals surface area contributed by atoms with Gasteiger partial charge in [-0.2, -0.15) is 13.2 Å². The standard InChI is InChI=1S/C22H21F4NO2/c1-20(2,18-10-16(23)6-7-19(18)28)13-21(29,22(24,25)26)11-14-4-3-5-15-12-27-9-8-17(14)15/h3-10,12,28-29H,11,13H2,1-2H3. The molecule has 1 aromatic heterocycles. The Morgan fingerprint density at radius 2 is 1.76 bits per heavy atom. The maximum Gasteiger partial charge on any atom is 0.417 e. The van der Waals surface area contributed by atoms with Gasteiger partial charge in [0.25, 0.3) is 0 Å². The van der Waals surface area contributed by atoms with E-state index in [9.17, 15) is 27.8 Å². The van der Waals surface area contributed by atoms with Gasteiger partial charge in [0.1, 0.15) is 11.6 Å². The number of benzene rings is 2. The Hall–Kier alpha value is -2.67. The second-order valence-corrected chi connectivity index (χ2v) is 7.94. The highest BCUT2D eigenvalue weighted by Crippen LogP contribution is 2.45. The zero-order chi connectivity index (χ0) is 21.4. The lowest BCUT2D eigenvalue weighted by Gasteiger charge is -2.38. The number of aromatic hydroxyl groups is 1. The molecule has 1 heterocycles. The van der Waals surface area contributed by atoms with Crippen LogP contribution < -0.4 is 0 Å². The quantitative estimate of drug-likeness (QED) is 0.566. The molecule has 0 aliphatic heterocycles. The van der Waals surface area contributed by atoms with Gasteiger partial charge in [-0.1, -0.05) is 32.0 Å². The molecular formula is C22H21F4NO2. The van der Waals surface area contributed by atoms with Crippen LogP contribution in [0.15, 0.2) is 54.9 Å². The summed E-state index contributed by atoms with van der Waals surface area (Å²) in [7, 11) is 0. The third-order valence-corrected chi connectivity index (χ3v) is 5.20. The first kappa shape index (κ1) is 21.0. The Morgan fingerprint density at radius 1 is 1.03 bits per heavy atom. The number of rotatable bonds is 5. The second-order valence-electron chi connectivity index (χ2n) is 7.94. The number of hydrogen-bond acceptors (Lipinski definition) is 3. The number of nitrogens with zero attached hydrogens (tertiary/aromatic N) is 1. The Kier molecular flexibility index (Phi) is 5.30. The summed E-state index contributed by atoms with van der Waals surface area (Å²) in [6.45, 7) is 2.87. The fourth-order valence-electron chi connectivity index (χ4n) is 3.80. The summed E-state index contributed by atoms with van der Waals surface area (Å²) >= 11 is 0. The van der Waals surface area contributed by atoms with Gasteiger partial charge in [0.15, 0.2) is 5.60 Å². The summed E-state index contributed by atoms with van der Waals surface area (Å²) in [5.74, 6) is -1.000. The maximum absolute atomic E-state index is 14.0. The minimum Gasteiger partial charge on any atom is -0.508 e. The summed E-state index contributed by atoms with van der Waals surface area (Å²) in [6.07, 6.45) is -3.37. The van der Waals surface area contributed by atoms with Crippen LogP contribution in [0.25, 0.3) is 10.8 Å². The first-order valence-corrected chi connectivity index (χ1v) is 9.03. The molecule has 0 bridgehead atoms. The molecule has 0 radical (unpaired) electrons. The van der Waals surface area contributed by atoms with Crippen LogP contribution in [0, 0.1) is 5.82 Å². The zero-order valence-electron chi connectivity index (χ0n) is 16.0. The van der Waals surface area contributed by atoms with Gasteiger partial charge >= 0.3 is 6.18 Å². The maximum atomic E-state index is 14.0. The predicted molar refractivity (Wildman–Crippen MR) is 102 cm³/mol. The molecule has 7 heteroatoms. The van der Waals surface area contributed by atoms with Crippen LogP contribution in [-0.2, 0) is 11.8 Å². The van der Waals surface area contributed by atoms with Gasteiger partial charge in [0.2, 0.25) is 0 Å². The van der Waals surface area contributed by atoms with Crippen molar-refractivity contribution in [3.63, 3.8) is 0 Å². The number of fused-ring (bicyclic) bond motifs is 1. The predicted octanol–water partition coefficient (Wildman–Crippen LogP) is 5.28. The van der Waals surface area contributed by atoms with Crippen molar-refractivity contribution in [3.05, 3.63) is 71.8 Å². The highest BCUT2D eigenvalue weighted by Gasteiger charge is 2.56. The monoisotopic (exact) mass is 407 g/mol. The number of phenols is 1. The summed E-state index contributed by atoms with van der Waals surface area (Å²) in [6, 6.07) is 9.59. The molecule has 0 amide bonds. The van der Waals surface area contributed by atoms with Gasteiger partial charge in [-0.15, -0.1) is 0 Å². The van der Waals surface area contributed by atoms with Gasteiger partial charge in [-0.05, 0) is 47.1 Å². The van der Waals surface area contributed by atoms with Gasteiger partial charge in [-0.25, -0.2) is 4.39 Å². The van der Waals surface area contributed by atoms with Gasteiger partial charge in [0, 0.05) is 29.8 Å². The van der Waals surface area contributed by atoms with Crippen LogP contribution in [0.4, 0.5) is 17.6 Å². The van der Waals surface area contributed by atoms with Crippen LogP contribution in [0.2, 0.25) is 0 Å². The average molecular weight is 407 g/mol. The summed E-state index contributed by atoms with van der Waals surface area (Å²) in [4.78, 5) is 3.97. The van der Waals surface area contributed by atoms with Crippen molar-refractivity contribution in [2.75, 3.05) is 0 Å². The van der Waals surface area contributed by atoms with E-state index < -0.39 is 35.9 Å². The molecule has 2 N–H and O–H groups in total. The highest BCUT2D eigenvalue weighted by atomic mass is 19.4. The molecule has 3 aromatic rings. The Bertz CT molecular complexity index is 1030. The summed E-state index contributed by atoms with van der Waals surface area (Å²) < 4.78 is 55.7. The van der Waals surface area contributed by atoms with Crippen molar-refractivity contribution in [1.82, 2.24) is 4.98 Å². The second kappa shape index (κ2) is 7.30. The van der Waals surface area contributed by atoms with Crippen LogP contribution in [-0.4, -0.2) is 27.0 Å². The number of aliphatic hydroxyl groups is 1. The lowest BCUT2D eigenvalue weighted by molar-refractivity contribution is -0.266. The molecule has 154 valence electrons. The normalized spacial score (nSPS) is 14.7. The van der Waals surface area contributed by atoms with E-state index in [0.29, 0.717) is 16.3 Å². The topological polar surface area (TPSA) is 53.4 Å². The van der Waals surface area contributed by atoms with Gasteiger partial charge < -0.3 is 10.2 Å². The smallest absolute Gasteiger partial charge is 0.417 e. The molecule has 0 aliphatic carbocycles. The molecule has 3 nitrogen and oxygen atoms in total. The molecule has 2 aromatic carbocycles. The SMILES string of the molecule is CC(C)(CC(O)(Cc1cccc2cnccc12)C(F)(F)F)c1cc(F)ccc1O. The van der Waals surface area contributed by atoms with E-state index in [-0.39, 0.29) is 11.3 Å². The van der Waals surface area contributed by atoms with E-state index in [0.717, 1.165) is 18.2 Å². The third kappa shape index (κ3) is 4.19. The Labute approximate surface area is 165 Å². The minimum atomic E-state index is -4.94. The summed E-state index contributed by atoms with van der Waals surface area (Å²) in [5, 5.41) is 22.1. The largest absolute Gasteiger partial charge is 0.508 e. The number of phenolic OH excluding ortho intramolecular Hbond substituents is 1. The minimum absolute atomic E-state index is 0.00212. The number of pyridine rings is 1. The first-order chi connectivity index (χ1) is 13.4. The third-order valence-electron chi connectivity index (χ3n) is 5.20. The van der Waals surface area contributed by atoms with Crippen molar-refractivity contribution in [1.29, 1.82) is 0 Å². The number of alkyl halides is 3. The van der Waals surface area contributed by atoms with Crippen LogP contribution in [0.1, 0.15) is 31.4 Å². The fraction of sp³-hybridized carbons (Fsp3) is 0.318. The lowest BCUT2D eigenvalue weighted by atomic mass is 9.72. The average Bonchev–Trinajstić information content (AvgIpc) is 2.62. The van der Waals surface area contributed by atoms with Crippen LogP contribution >= 0.6 is 0 Å². The van der Waals surface area contributed by atoms with Crippen molar-refractivity contribution in [2.45, 2.75) is 43.9 Å². The molecule has 1 atom stereocenters. The van der Waals surface area contributed by atoms with Crippen molar-refractivity contribution < 1.29 is 27.8 Å². The molecule has 0 aliphatic rings. The molecule has 0 spiro atoms. The van der Waals surface area contributed by atoms with E-state index in [1.165, 1.54) is 26.1 Å². The van der Waals surface area contributed by atoms with Crippen LogP contribution in [0.3, 0.4) is 0 Å². The summed E-state index contributed by atoms with van der Waals surface area (Å²) in [5.41, 5.74) is -4.12. The molecule has 29 heavy (non-hydrogen) atoms. The van der Waals surface area contributed by atoms with Crippen molar-refractivity contribution >= 4 is 10.8 Å². The fourth-order valence-corrected chi connectivity index (χ4v) is 3.80. The van der Waals surface area contributed by atoms with E-state index in [2.05, 4.69) is 4.98 Å². The molecular weight excluding hydrogens is 386 g/mol. The lowest BCUT2D eigenvalue weighted by Crippen LogP contribution is -2.50. The first-order valence-electron chi connectivity index (χ1n) is 9.03. The Morgan fingerprint density at radius 3 is 2.45 bits per heavy atom. The zero-order valence-corrected chi connectivity index (χ0v) is 16.0. The van der Waals surface area contributed by atoms with E-state index in [1.54, 1.807) is 24.4 Å². The van der Waals surface area contributed by atoms with E-state index in [1.807, 2.05) is 0 Å². The van der Waals surface area contributed by atoms with Crippen LogP contribution in [0.5, 0.6) is 5.75 Å². The Balaban J connectivity index is 2.04. The van der Waals surface area contributed by atoms with E-state index >= 15 is 0 Å². The van der Waals surface area contributed by atoms with Gasteiger partial charge in [0.05, 0.1) is 0 Å². The van der Waals surface area contributed by atoms with E-state index in [4.69, 9.17) is 0 Å². The number of halogens is 4. The molecule has 3 rings (SSSR count). The highest BCUT2D eigenvalue weighted by molar-refractivity contribution is 5.84. The molecule has 0 saturated carbocycles. The van der Waals surface area contributed by atoms with Crippen molar-refractivity contribution in [2.24, 2.45) is 0 Å². The van der Waals surface area contributed by atoms with Gasteiger partial charge in [-0.3, -0.25) is 4.98 Å². The molecule has 0 saturated heterocycles.